The Morgan fingerprint density at radius 2 is 1.95 bits per heavy atom. The van der Waals surface area contributed by atoms with Crippen molar-refractivity contribution < 1.29 is 9.13 Å². The van der Waals surface area contributed by atoms with Crippen molar-refractivity contribution in [3.63, 3.8) is 0 Å². The summed E-state index contributed by atoms with van der Waals surface area (Å²) in [4.78, 5) is 0. The molecule has 2 N–H and O–H groups in total. The monoisotopic (exact) mass is 301 g/mol. The Morgan fingerprint density at radius 3 is 2.68 bits per heavy atom. The lowest BCUT2D eigenvalue weighted by molar-refractivity contribution is 0.300. The largest absolute Gasteiger partial charge is 0.493 e. The highest BCUT2D eigenvalue weighted by molar-refractivity contribution is 5.33. The predicted octanol–water partition coefficient (Wildman–Crippen LogP) is 4.34. The van der Waals surface area contributed by atoms with Crippen LogP contribution < -0.4 is 10.5 Å². The molecular weight excluding hydrogens is 277 g/mol. The first-order chi connectivity index (χ1) is 10.6. The molecule has 0 fully saturated rings. The van der Waals surface area contributed by atoms with E-state index in [4.69, 9.17) is 10.5 Å². The molecule has 2 rings (SSSR count). The molecule has 0 bridgehead atoms. The van der Waals surface area contributed by atoms with Gasteiger partial charge in [0.2, 0.25) is 0 Å². The molecule has 0 spiro atoms. The van der Waals surface area contributed by atoms with E-state index in [-0.39, 0.29) is 5.82 Å². The van der Waals surface area contributed by atoms with Crippen LogP contribution in [0.3, 0.4) is 0 Å². The molecule has 118 valence electrons. The number of benzene rings is 2. The summed E-state index contributed by atoms with van der Waals surface area (Å²) >= 11 is 0. The molecule has 22 heavy (non-hydrogen) atoms. The zero-order valence-corrected chi connectivity index (χ0v) is 13.3. The molecule has 2 aromatic carbocycles. The molecule has 3 heteroatoms. The highest BCUT2D eigenvalue weighted by Gasteiger charge is 2.12. The standard InChI is InChI=1S/C19H24FNO/c1-14-8-9-15(2)19(11-14)16(13-21)5-4-10-22-18-7-3-6-17(20)12-18/h3,6-9,11-12,16H,4-5,10,13,21H2,1-2H3. The van der Waals surface area contributed by atoms with E-state index in [0.717, 1.165) is 12.8 Å². The van der Waals surface area contributed by atoms with Crippen molar-refractivity contribution in [2.45, 2.75) is 32.6 Å². The van der Waals surface area contributed by atoms with E-state index < -0.39 is 0 Å². The van der Waals surface area contributed by atoms with Gasteiger partial charge in [0.1, 0.15) is 11.6 Å². The van der Waals surface area contributed by atoms with E-state index in [0.29, 0.717) is 24.8 Å². The van der Waals surface area contributed by atoms with Crippen molar-refractivity contribution in [3.05, 3.63) is 65.0 Å². The Hall–Kier alpha value is -1.87. The quantitative estimate of drug-likeness (QED) is 0.772. The smallest absolute Gasteiger partial charge is 0.126 e. The van der Waals surface area contributed by atoms with Gasteiger partial charge in [-0.3, -0.25) is 0 Å². The lowest BCUT2D eigenvalue weighted by Gasteiger charge is -2.18. The van der Waals surface area contributed by atoms with Crippen LogP contribution >= 0.6 is 0 Å². The van der Waals surface area contributed by atoms with Gasteiger partial charge in [0.25, 0.3) is 0 Å². The van der Waals surface area contributed by atoms with E-state index in [1.165, 1.54) is 28.8 Å². The first-order valence-corrected chi connectivity index (χ1v) is 7.75. The van der Waals surface area contributed by atoms with Gasteiger partial charge in [-0.1, -0.05) is 29.8 Å². The molecule has 0 heterocycles. The maximum atomic E-state index is 13.1. The van der Waals surface area contributed by atoms with E-state index in [2.05, 4.69) is 32.0 Å². The molecule has 1 atom stereocenters. The van der Waals surface area contributed by atoms with Gasteiger partial charge in [-0.15, -0.1) is 0 Å². The lowest BCUT2D eigenvalue weighted by Crippen LogP contribution is -2.15. The third-order valence-corrected chi connectivity index (χ3v) is 3.92. The summed E-state index contributed by atoms with van der Waals surface area (Å²) in [6, 6.07) is 12.7. The van der Waals surface area contributed by atoms with E-state index >= 15 is 0 Å². The number of hydrogen-bond acceptors (Lipinski definition) is 2. The van der Waals surface area contributed by atoms with Crippen LogP contribution in [0.4, 0.5) is 4.39 Å². The van der Waals surface area contributed by atoms with Crippen molar-refractivity contribution in [2.75, 3.05) is 13.2 Å². The maximum absolute atomic E-state index is 13.1. The average molecular weight is 301 g/mol. The summed E-state index contributed by atoms with van der Waals surface area (Å²) in [5.41, 5.74) is 9.82. The molecule has 0 aliphatic rings. The summed E-state index contributed by atoms with van der Waals surface area (Å²) in [5.74, 6) is 0.653. The zero-order valence-electron chi connectivity index (χ0n) is 13.3. The van der Waals surface area contributed by atoms with Gasteiger partial charge in [0.15, 0.2) is 0 Å². The van der Waals surface area contributed by atoms with Crippen molar-refractivity contribution in [1.29, 1.82) is 0 Å². The maximum Gasteiger partial charge on any atom is 0.126 e. The van der Waals surface area contributed by atoms with Crippen LogP contribution in [0, 0.1) is 19.7 Å². The summed E-state index contributed by atoms with van der Waals surface area (Å²) in [6.45, 7) is 5.43. The van der Waals surface area contributed by atoms with Crippen LogP contribution in [0.25, 0.3) is 0 Å². The van der Waals surface area contributed by atoms with Crippen LogP contribution in [0.2, 0.25) is 0 Å². The molecule has 2 aromatic rings. The molecule has 0 aliphatic heterocycles. The topological polar surface area (TPSA) is 35.2 Å². The van der Waals surface area contributed by atoms with Gasteiger partial charge in [-0.2, -0.15) is 0 Å². The number of halogens is 1. The molecule has 0 saturated heterocycles. The Labute approximate surface area is 132 Å². The van der Waals surface area contributed by atoms with Crippen molar-refractivity contribution in [1.82, 2.24) is 0 Å². The predicted molar refractivity (Wildman–Crippen MR) is 88.8 cm³/mol. The highest BCUT2D eigenvalue weighted by Crippen LogP contribution is 2.25. The Bertz CT molecular complexity index is 612. The summed E-state index contributed by atoms with van der Waals surface area (Å²) in [7, 11) is 0. The van der Waals surface area contributed by atoms with Gasteiger partial charge >= 0.3 is 0 Å². The van der Waals surface area contributed by atoms with Crippen LogP contribution in [0.15, 0.2) is 42.5 Å². The molecule has 0 saturated carbocycles. The lowest BCUT2D eigenvalue weighted by atomic mass is 9.90. The van der Waals surface area contributed by atoms with Crippen LogP contribution in [0.5, 0.6) is 5.75 Å². The summed E-state index contributed by atoms with van der Waals surface area (Å²) in [5, 5.41) is 0. The zero-order chi connectivity index (χ0) is 15.9. The second-order valence-corrected chi connectivity index (χ2v) is 5.74. The number of hydrogen-bond donors (Lipinski definition) is 1. The van der Waals surface area contributed by atoms with Gasteiger partial charge in [0, 0.05) is 6.07 Å². The Kier molecular flexibility index (Phi) is 5.96. The Morgan fingerprint density at radius 1 is 1.14 bits per heavy atom. The molecule has 2 nitrogen and oxygen atoms in total. The molecule has 0 amide bonds. The van der Waals surface area contributed by atoms with E-state index in [9.17, 15) is 4.39 Å². The van der Waals surface area contributed by atoms with Crippen molar-refractivity contribution in [3.8, 4) is 5.75 Å². The van der Waals surface area contributed by atoms with Gasteiger partial charge < -0.3 is 10.5 Å². The number of nitrogens with two attached hydrogens (primary N) is 1. The number of aryl methyl sites for hydroxylation is 2. The molecular formula is C19H24FNO. The SMILES string of the molecule is Cc1ccc(C)c(C(CN)CCCOc2cccc(F)c2)c1. The first kappa shape index (κ1) is 16.5. The molecule has 0 aromatic heterocycles. The normalized spacial score (nSPS) is 12.2. The van der Waals surface area contributed by atoms with Crippen molar-refractivity contribution in [2.24, 2.45) is 5.73 Å². The van der Waals surface area contributed by atoms with Gasteiger partial charge in [0.05, 0.1) is 6.61 Å². The van der Waals surface area contributed by atoms with Crippen LogP contribution in [-0.2, 0) is 0 Å². The van der Waals surface area contributed by atoms with E-state index in [1.807, 2.05) is 0 Å². The van der Waals surface area contributed by atoms with Crippen molar-refractivity contribution >= 4 is 0 Å². The van der Waals surface area contributed by atoms with E-state index in [1.54, 1.807) is 12.1 Å². The highest BCUT2D eigenvalue weighted by atomic mass is 19.1. The molecule has 0 aliphatic carbocycles. The number of ether oxygens (including phenoxy) is 1. The van der Waals surface area contributed by atoms with Crippen LogP contribution in [0.1, 0.15) is 35.4 Å². The first-order valence-electron chi connectivity index (χ1n) is 7.75. The number of rotatable bonds is 7. The second kappa shape index (κ2) is 7.95. The minimum Gasteiger partial charge on any atom is -0.493 e. The molecule has 1 unspecified atom stereocenters. The van der Waals surface area contributed by atoms with Crippen LogP contribution in [-0.4, -0.2) is 13.2 Å². The Balaban J connectivity index is 1.87. The van der Waals surface area contributed by atoms with Gasteiger partial charge in [-0.25, -0.2) is 4.39 Å². The average Bonchev–Trinajstić information content (AvgIpc) is 2.50. The minimum atomic E-state index is -0.271. The third kappa shape index (κ3) is 4.57. The summed E-state index contributed by atoms with van der Waals surface area (Å²) < 4.78 is 18.7. The second-order valence-electron chi connectivity index (χ2n) is 5.74. The minimum absolute atomic E-state index is 0.271. The van der Waals surface area contributed by atoms with Gasteiger partial charge in [-0.05, 0) is 62.4 Å². The fourth-order valence-corrected chi connectivity index (χ4v) is 2.68. The summed E-state index contributed by atoms with van der Waals surface area (Å²) in [6.07, 6.45) is 1.86. The fraction of sp³-hybridized carbons (Fsp3) is 0.368. The fourth-order valence-electron chi connectivity index (χ4n) is 2.68. The third-order valence-electron chi connectivity index (χ3n) is 3.92. The molecule has 0 radical (unpaired) electrons.